The number of aliphatic carboxylic acids is 2. The molecule has 0 saturated carbocycles. The molecule has 0 spiro atoms. The van der Waals surface area contributed by atoms with E-state index in [2.05, 4.69) is 10.6 Å². The zero-order chi connectivity index (χ0) is 23.9. The molecule has 0 aliphatic carbocycles. The third-order valence-corrected chi connectivity index (χ3v) is 5.12. The molecule has 1 fully saturated rings. The molecule has 0 aromatic heterocycles. The van der Waals surface area contributed by atoms with E-state index < -0.39 is 60.2 Å². The quantitative estimate of drug-likeness (QED) is 0.285. The maximum Gasteiger partial charge on any atom is 0.326 e. The van der Waals surface area contributed by atoms with Gasteiger partial charge in [0.25, 0.3) is 0 Å². The van der Waals surface area contributed by atoms with Gasteiger partial charge in [-0.2, -0.15) is 0 Å². The minimum absolute atomic E-state index is 0.0312. The van der Waals surface area contributed by atoms with E-state index in [4.69, 9.17) is 10.8 Å². The summed E-state index contributed by atoms with van der Waals surface area (Å²) >= 11 is 0. The number of likely N-dealkylation sites (tertiary alicyclic amines) is 1. The number of nitrogens with one attached hydrogen (secondary N) is 2. The van der Waals surface area contributed by atoms with Gasteiger partial charge in [-0.3, -0.25) is 19.2 Å². The van der Waals surface area contributed by atoms with Gasteiger partial charge in [-0.05, 0) is 31.1 Å². The van der Waals surface area contributed by atoms with E-state index in [1.165, 1.54) is 4.90 Å². The van der Waals surface area contributed by atoms with Crippen molar-refractivity contribution in [1.29, 1.82) is 0 Å². The third-order valence-electron chi connectivity index (χ3n) is 5.12. The lowest BCUT2D eigenvalue weighted by atomic mass is 10.00. The molecule has 1 heterocycles. The molecule has 4 atom stereocenters. The van der Waals surface area contributed by atoms with Gasteiger partial charge in [-0.1, -0.05) is 27.7 Å². The number of amides is 3. The maximum absolute atomic E-state index is 12.9. The van der Waals surface area contributed by atoms with Crippen molar-refractivity contribution in [2.45, 2.75) is 77.5 Å². The van der Waals surface area contributed by atoms with Crippen molar-refractivity contribution < 1.29 is 34.2 Å². The number of hydrogen-bond donors (Lipinski definition) is 5. The molecule has 11 heteroatoms. The molecule has 31 heavy (non-hydrogen) atoms. The SMILES string of the molecule is CC(C)CC(NC(=O)C1CCCN1C(=O)C(N)CC(=O)O)C(=O)NC(C(=O)O)C(C)C. The van der Waals surface area contributed by atoms with Gasteiger partial charge in [-0.25, -0.2) is 4.79 Å². The molecule has 1 aliphatic rings. The molecule has 0 bridgehead atoms. The van der Waals surface area contributed by atoms with Crippen LogP contribution in [0.2, 0.25) is 0 Å². The summed E-state index contributed by atoms with van der Waals surface area (Å²) in [5.74, 6) is -4.49. The van der Waals surface area contributed by atoms with Gasteiger partial charge in [0, 0.05) is 6.54 Å². The second kappa shape index (κ2) is 11.6. The zero-order valence-corrected chi connectivity index (χ0v) is 18.5. The summed E-state index contributed by atoms with van der Waals surface area (Å²) in [6.45, 7) is 7.31. The molecule has 176 valence electrons. The Labute approximate surface area is 181 Å². The van der Waals surface area contributed by atoms with Gasteiger partial charge >= 0.3 is 11.9 Å². The van der Waals surface area contributed by atoms with Crippen LogP contribution in [0.4, 0.5) is 0 Å². The molecule has 6 N–H and O–H groups in total. The number of carbonyl (C=O) groups excluding carboxylic acids is 3. The zero-order valence-electron chi connectivity index (χ0n) is 18.5. The minimum Gasteiger partial charge on any atom is -0.481 e. The van der Waals surface area contributed by atoms with Crippen molar-refractivity contribution in [3.05, 3.63) is 0 Å². The highest BCUT2D eigenvalue weighted by molar-refractivity contribution is 5.95. The number of carboxylic acids is 2. The molecule has 0 aromatic rings. The lowest BCUT2D eigenvalue weighted by Crippen LogP contribution is -2.57. The first-order valence-electron chi connectivity index (χ1n) is 10.5. The Kier molecular flexibility index (Phi) is 9.89. The molecule has 1 aliphatic heterocycles. The molecule has 4 unspecified atom stereocenters. The summed E-state index contributed by atoms with van der Waals surface area (Å²) in [4.78, 5) is 61.6. The van der Waals surface area contributed by atoms with E-state index in [-0.39, 0.29) is 24.8 Å². The predicted molar refractivity (Wildman–Crippen MR) is 111 cm³/mol. The van der Waals surface area contributed by atoms with Crippen LogP contribution in [-0.4, -0.2) is 75.5 Å². The number of rotatable bonds is 11. The van der Waals surface area contributed by atoms with Crippen LogP contribution in [0.5, 0.6) is 0 Å². The van der Waals surface area contributed by atoms with Crippen molar-refractivity contribution in [3.8, 4) is 0 Å². The van der Waals surface area contributed by atoms with Crippen LogP contribution in [0, 0.1) is 11.8 Å². The highest BCUT2D eigenvalue weighted by Gasteiger charge is 2.38. The summed E-state index contributed by atoms with van der Waals surface area (Å²) in [6.07, 6.45) is 0.630. The Hall–Kier alpha value is -2.69. The first-order valence-corrected chi connectivity index (χ1v) is 10.5. The standard InChI is InChI=1S/C20H34N4O7/c1-10(2)8-13(17(27)23-16(11(3)4)20(30)31)22-18(28)14-6-5-7-24(14)19(29)12(21)9-15(25)26/h10-14,16H,5-9,21H2,1-4H3,(H,22,28)(H,23,27)(H,25,26)(H,30,31). The summed E-state index contributed by atoms with van der Waals surface area (Å²) in [5.41, 5.74) is 5.66. The largest absolute Gasteiger partial charge is 0.481 e. The first kappa shape index (κ1) is 26.3. The van der Waals surface area contributed by atoms with Crippen LogP contribution in [0.1, 0.15) is 53.4 Å². The van der Waals surface area contributed by atoms with Gasteiger partial charge in [0.2, 0.25) is 17.7 Å². The topological polar surface area (TPSA) is 179 Å². The third kappa shape index (κ3) is 7.82. The number of hydrogen-bond acceptors (Lipinski definition) is 6. The smallest absolute Gasteiger partial charge is 0.326 e. The first-order chi connectivity index (χ1) is 14.3. The Morgan fingerprint density at radius 1 is 1.06 bits per heavy atom. The summed E-state index contributed by atoms with van der Waals surface area (Å²) in [6, 6.07) is -4.20. The van der Waals surface area contributed by atoms with E-state index in [9.17, 15) is 29.1 Å². The van der Waals surface area contributed by atoms with Gasteiger partial charge in [0.1, 0.15) is 18.1 Å². The molecule has 11 nitrogen and oxygen atoms in total. The fraction of sp³-hybridized carbons (Fsp3) is 0.750. The minimum atomic E-state index is -1.26. The summed E-state index contributed by atoms with van der Waals surface area (Å²) in [5, 5.41) is 23.3. The maximum atomic E-state index is 12.9. The Balaban J connectivity index is 2.92. The summed E-state index contributed by atoms with van der Waals surface area (Å²) in [7, 11) is 0. The van der Waals surface area contributed by atoms with E-state index in [1.54, 1.807) is 13.8 Å². The van der Waals surface area contributed by atoms with Crippen molar-refractivity contribution in [2.75, 3.05) is 6.54 Å². The number of nitrogens with two attached hydrogens (primary N) is 1. The monoisotopic (exact) mass is 442 g/mol. The number of carboxylic acid groups (broad SMARTS) is 2. The molecule has 1 saturated heterocycles. The molecular weight excluding hydrogens is 408 g/mol. The van der Waals surface area contributed by atoms with Gasteiger partial charge < -0.3 is 31.5 Å². The average Bonchev–Trinajstić information content (AvgIpc) is 3.12. The Bertz CT molecular complexity index is 695. The van der Waals surface area contributed by atoms with Crippen LogP contribution < -0.4 is 16.4 Å². The summed E-state index contributed by atoms with van der Waals surface area (Å²) < 4.78 is 0. The van der Waals surface area contributed by atoms with Crippen molar-refractivity contribution in [2.24, 2.45) is 17.6 Å². The molecule has 0 aromatic carbocycles. The van der Waals surface area contributed by atoms with Gasteiger partial charge in [0.05, 0.1) is 12.5 Å². The van der Waals surface area contributed by atoms with Crippen LogP contribution in [0.15, 0.2) is 0 Å². The second-order valence-electron chi connectivity index (χ2n) is 8.65. The molecule has 1 rings (SSSR count). The molecule has 0 radical (unpaired) electrons. The Morgan fingerprint density at radius 2 is 1.68 bits per heavy atom. The molecular formula is C20H34N4O7. The van der Waals surface area contributed by atoms with E-state index in [0.717, 1.165) is 0 Å². The lowest BCUT2D eigenvalue weighted by Gasteiger charge is -2.29. The lowest BCUT2D eigenvalue weighted by molar-refractivity contribution is -0.145. The van der Waals surface area contributed by atoms with E-state index in [0.29, 0.717) is 12.8 Å². The van der Waals surface area contributed by atoms with Crippen LogP contribution >= 0.6 is 0 Å². The van der Waals surface area contributed by atoms with Gasteiger partial charge in [-0.15, -0.1) is 0 Å². The Morgan fingerprint density at radius 3 is 2.16 bits per heavy atom. The predicted octanol–water partition coefficient (Wildman–Crippen LogP) is -0.464. The van der Waals surface area contributed by atoms with Gasteiger partial charge in [0.15, 0.2) is 0 Å². The highest BCUT2D eigenvalue weighted by Crippen LogP contribution is 2.19. The molecule has 3 amide bonds. The average molecular weight is 443 g/mol. The van der Waals surface area contributed by atoms with Crippen LogP contribution in [-0.2, 0) is 24.0 Å². The fourth-order valence-electron chi connectivity index (χ4n) is 3.53. The fourth-order valence-corrected chi connectivity index (χ4v) is 3.53. The number of carbonyl (C=O) groups is 5. The van der Waals surface area contributed by atoms with Crippen molar-refractivity contribution >= 4 is 29.7 Å². The van der Waals surface area contributed by atoms with E-state index in [1.807, 2.05) is 13.8 Å². The number of nitrogens with zero attached hydrogens (tertiary/aromatic N) is 1. The van der Waals surface area contributed by atoms with Crippen molar-refractivity contribution in [3.63, 3.8) is 0 Å². The van der Waals surface area contributed by atoms with Crippen LogP contribution in [0.25, 0.3) is 0 Å². The highest BCUT2D eigenvalue weighted by atomic mass is 16.4. The van der Waals surface area contributed by atoms with Crippen LogP contribution in [0.3, 0.4) is 0 Å². The van der Waals surface area contributed by atoms with Crippen molar-refractivity contribution in [1.82, 2.24) is 15.5 Å². The second-order valence-corrected chi connectivity index (χ2v) is 8.65. The normalized spacial score (nSPS) is 19.1. The van der Waals surface area contributed by atoms with E-state index >= 15 is 0 Å².